The molecule has 0 aliphatic carbocycles. The molecule has 0 aromatic heterocycles. The predicted octanol–water partition coefficient (Wildman–Crippen LogP) is 5.33. The van der Waals surface area contributed by atoms with Gasteiger partial charge in [0.2, 0.25) is 0 Å². The van der Waals surface area contributed by atoms with Crippen LogP contribution >= 0.6 is 46.7 Å². The molecule has 0 unspecified atom stereocenters. The first-order chi connectivity index (χ1) is 10.7. The highest BCUT2D eigenvalue weighted by Crippen LogP contribution is 2.43. The van der Waals surface area contributed by atoms with Crippen LogP contribution in [-0.2, 0) is 0 Å². The summed E-state index contributed by atoms with van der Waals surface area (Å²) >= 11 is 15.3. The van der Waals surface area contributed by atoms with Crippen LogP contribution < -0.4 is 0 Å². The van der Waals surface area contributed by atoms with Gasteiger partial charge in [-0.15, -0.1) is 0 Å². The average molecular weight is 365 g/mol. The SMILES string of the molecule is Clc1ccc(C2=N[C@H]3SC(c4ccc(Cl)cc4)=N[C@@H]3S2)cc1. The van der Waals surface area contributed by atoms with Crippen molar-refractivity contribution in [2.45, 2.75) is 10.7 Å². The largest absolute Gasteiger partial charge is 0.260 e. The Morgan fingerprint density at radius 2 is 1.00 bits per heavy atom. The number of rotatable bonds is 2. The number of aliphatic imine (C=N–C) groups is 2. The summed E-state index contributed by atoms with van der Waals surface area (Å²) in [5, 5.41) is 3.87. The van der Waals surface area contributed by atoms with Gasteiger partial charge >= 0.3 is 0 Å². The molecule has 0 N–H and O–H groups in total. The Hall–Kier alpha value is -0.940. The van der Waals surface area contributed by atoms with Crippen LogP contribution in [0.15, 0.2) is 58.5 Å². The first-order valence-electron chi connectivity index (χ1n) is 6.70. The van der Waals surface area contributed by atoms with Crippen LogP contribution in [-0.4, -0.2) is 20.8 Å². The van der Waals surface area contributed by atoms with Crippen LogP contribution in [0.1, 0.15) is 11.1 Å². The zero-order valence-electron chi connectivity index (χ0n) is 11.2. The van der Waals surface area contributed by atoms with Crippen LogP contribution in [0.3, 0.4) is 0 Å². The zero-order valence-corrected chi connectivity index (χ0v) is 14.4. The van der Waals surface area contributed by atoms with E-state index in [1.54, 1.807) is 23.5 Å². The van der Waals surface area contributed by atoms with Gasteiger partial charge in [0.15, 0.2) is 0 Å². The summed E-state index contributed by atoms with van der Waals surface area (Å²) < 4.78 is 0. The molecule has 2 heterocycles. The van der Waals surface area contributed by atoms with Crippen molar-refractivity contribution in [1.29, 1.82) is 0 Å². The van der Waals surface area contributed by atoms with Gasteiger partial charge in [-0.05, 0) is 24.3 Å². The number of nitrogens with zero attached hydrogens (tertiary/aromatic N) is 2. The molecular weight excluding hydrogens is 355 g/mol. The van der Waals surface area contributed by atoms with Crippen LogP contribution in [0, 0.1) is 0 Å². The first kappa shape index (κ1) is 14.6. The second-order valence-electron chi connectivity index (χ2n) is 4.90. The lowest BCUT2D eigenvalue weighted by atomic mass is 10.2. The van der Waals surface area contributed by atoms with Gasteiger partial charge in [0.1, 0.15) is 20.8 Å². The van der Waals surface area contributed by atoms with Crippen molar-refractivity contribution in [3.8, 4) is 0 Å². The Kier molecular flexibility index (Phi) is 3.95. The fourth-order valence-corrected chi connectivity index (χ4v) is 5.03. The molecule has 0 spiro atoms. The average Bonchev–Trinajstić information content (AvgIpc) is 3.07. The number of fused-ring (bicyclic) bond motifs is 1. The van der Waals surface area contributed by atoms with Crippen molar-refractivity contribution in [2.75, 3.05) is 0 Å². The molecule has 2 nitrogen and oxygen atoms in total. The van der Waals surface area contributed by atoms with Gasteiger partial charge in [-0.2, -0.15) is 0 Å². The molecule has 0 saturated heterocycles. The van der Waals surface area contributed by atoms with E-state index in [1.165, 1.54) is 0 Å². The van der Waals surface area contributed by atoms with Crippen molar-refractivity contribution in [3.63, 3.8) is 0 Å². The van der Waals surface area contributed by atoms with E-state index in [9.17, 15) is 0 Å². The first-order valence-corrected chi connectivity index (χ1v) is 9.21. The molecule has 2 aliphatic rings. The summed E-state index contributed by atoms with van der Waals surface area (Å²) in [7, 11) is 0. The highest BCUT2D eigenvalue weighted by atomic mass is 35.5. The molecular formula is C16H10Cl2N2S2. The minimum absolute atomic E-state index is 0.154. The van der Waals surface area contributed by atoms with E-state index < -0.39 is 0 Å². The number of halogens is 2. The van der Waals surface area contributed by atoms with Crippen molar-refractivity contribution in [3.05, 3.63) is 69.7 Å². The van der Waals surface area contributed by atoms with Crippen molar-refractivity contribution >= 4 is 56.8 Å². The quantitative estimate of drug-likeness (QED) is 0.718. The number of hydrogen-bond donors (Lipinski definition) is 0. The molecule has 4 rings (SSSR count). The summed E-state index contributed by atoms with van der Waals surface area (Å²) in [5.74, 6) is 0. The minimum Gasteiger partial charge on any atom is -0.260 e. The Labute approximate surface area is 147 Å². The lowest BCUT2D eigenvalue weighted by Crippen LogP contribution is -2.03. The fourth-order valence-electron chi connectivity index (χ4n) is 2.29. The Morgan fingerprint density at radius 1 is 0.636 bits per heavy atom. The molecule has 0 amide bonds. The maximum Gasteiger partial charge on any atom is 0.134 e. The summed E-state index contributed by atoms with van der Waals surface area (Å²) in [6, 6.07) is 15.6. The number of benzene rings is 2. The van der Waals surface area contributed by atoms with Gasteiger partial charge in [0.05, 0.1) is 0 Å². The van der Waals surface area contributed by atoms with Crippen molar-refractivity contribution in [1.82, 2.24) is 0 Å². The molecule has 0 bridgehead atoms. The van der Waals surface area contributed by atoms with Gasteiger partial charge in [0, 0.05) is 21.2 Å². The monoisotopic (exact) mass is 364 g/mol. The van der Waals surface area contributed by atoms with Crippen LogP contribution in [0.2, 0.25) is 10.0 Å². The maximum atomic E-state index is 5.93. The van der Waals surface area contributed by atoms with E-state index in [4.69, 9.17) is 33.2 Å². The number of hydrogen-bond acceptors (Lipinski definition) is 4. The minimum atomic E-state index is 0.154. The van der Waals surface area contributed by atoms with Gasteiger partial charge in [0.25, 0.3) is 0 Å². The molecule has 2 aromatic carbocycles. The number of thioether (sulfide) groups is 2. The third-order valence-corrected chi connectivity index (χ3v) is 6.39. The van der Waals surface area contributed by atoms with Crippen LogP contribution in [0.5, 0.6) is 0 Å². The second kappa shape index (κ2) is 5.93. The molecule has 0 saturated carbocycles. The summed E-state index contributed by atoms with van der Waals surface area (Å²) in [6.45, 7) is 0. The molecule has 0 fully saturated rings. The van der Waals surface area contributed by atoms with E-state index in [1.807, 2.05) is 48.5 Å². The predicted molar refractivity (Wildman–Crippen MR) is 98.7 cm³/mol. The van der Waals surface area contributed by atoms with E-state index in [-0.39, 0.29) is 10.7 Å². The molecule has 6 heteroatoms. The normalized spacial score (nSPS) is 23.2. The van der Waals surface area contributed by atoms with E-state index >= 15 is 0 Å². The lowest BCUT2D eigenvalue weighted by molar-refractivity contribution is 0.898. The third-order valence-electron chi connectivity index (χ3n) is 3.38. The van der Waals surface area contributed by atoms with Gasteiger partial charge in [-0.3, -0.25) is 9.98 Å². The van der Waals surface area contributed by atoms with Gasteiger partial charge < -0.3 is 0 Å². The smallest absolute Gasteiger partial charge is 0.134 e. The van der Waals surface area contributed by atoms with Gasteiger partial charge in [-0.1, -0.05) is 71.0 Å². The maximum absolute atomic E-state index is 5.93. The van der Waals surface area contributed by atoms with Crippen LogP contribution in [0.25, 0.3) is 0 Å². The summed E-state index contributed by atoms with van der Waals surface area (Å²) in [6.07, 6.45) is 0. The summed E-state index contributed by atoms with van der Waals surface area (Å²) in [5.41, 5.74) is 2.21. The van der Waals surface area contributed by atoms with Crippen molar-refractivity contribution < 1.29 is 0 Å². The lowest BCUT2D eigenvalue weighted by Gasteiger charge is -2.03. The summed E-state index contributed by atoms with van der Waals surface area (Å²) in [4.78, 5) is 9.60. The second-order valence-corrected chi connectivity index (χ2v) is 7.98. The molecule has 2 aromatic rings. The molecule has 110 valence electrons. The van der Waals surface area contributed by atoms with E-state index in [2.05, 4.69) is 0 Å². The fraction of sp³-hybridized carbons (Fsp3) is 0.125. The highest BCUT2D eigenvalue weighted by molar-refractivity contribution is 8.20. The van der Waals surface area contributed by atoms with Crippen LogP contribution in [0.4, 0.5) is 0 Å². The topological polar surface area (TPSA) is 24.7 Å². The zero-order chi connectivity index (χ0) is 15.1. The Balaban J connectivity index is 1.53. The van der Waals surface area contributed by atoms with Crippen molar-refractivity contribution in [2.24, 2.45) is 9.98 Å². The molecule has 2 atom stereocenters. The molecule has 22 heavy (non-hydrogen) atoms. The van der Waals surface area contributed by atoms with Gasteiger partial charge in [-0.25, -0.2) is 0 Å². The Bertz CT molecular complexity index is 702. The van der Waals surface area contributed by atoms with E-state index in [0.29, 0.717) is 0 Å². The Morgan fingerprint density at radius 3 is 1.36 bits per heavy atom. The molecule has 2 aliphatic heterocycles. The molecule has 0 radical (unpaired) electrons. The third kappa shape index (κ3) is 2.81. The standard InChI is InChI=1S/C16H10Cl2N2S2/c17-11-5-1-9(2-6-11)13-19-15-16(21-13)20-14(22-15)10-3-7-12(18)8-4-10/h1-8,15-16H/t15-,16+. The highest BCUT2D eigenvalue weighted by Gasteiger charge is 2.37. The van der Waals surface area contributed by atoms with E-state index in [0.717, 1.165) is 31.3 Å².